The van der Waals surface area contributed by atoms with Gasteiger partial charge in [0.15, 0.2) is 12.1 Å². The first-order valence-corrected chi connectivity index (χ1v) is 7.30. The van der Waals surface area contributed by atoms with Crippen molar-refractivity contribution in [2.24, 2.45) is 0 Å². The predicted octanol–water partition coefficient (Wildman–Crippen LogP) is 1.92. The first-order chi connectivity index (χ1) is 9.55. The Morgan fingerprint density at radius 2 is 1.90 bits per heavy atom. The van der Waals surface area contributed by atoms with Crippen LogP contribution in [0.15, 0.2) is 30.3 Å². The van der Waals surface area contributed by atoms with Crippen molar-refractivity contribution in [3.8, 4) is 0 Å². The minimum absolute atomic E-state index is 0.0303. The van der Waals surface area contributed by atoms with Crippen molar-refractivity contribution < 1.29 is 27.9 Å². The standard InChI is InChI=1S/C12H16NO6P/c1-17-20(16,18-2)11(8-14)13-12(15)19-9-10-6-4-3-5-7-10/h3-8,11H,9H2,1-2H3,(H,13,15). The van der Waals surface area contributed by atoms with Crippen LogP contribution >= 0.6 is 7.60 Å². The van der Waals surface area contributed by atoms with Crippen LogP contribution in [-0.2, 0) is 29.8 Å². The summed E-state index contributed by atoms with van der Waals surface area (Å²) in [4.78, 5) is 22.4. The zero-order valence-electron chi connectivity index (χ0n) is 11.1. The first-order valence-electron chi connectivity index (χ1n) is 5.69. The van der Waals surface area contributed by atoms with Crippen molar-refractivity contribution in [1.82, 2.24) is 5.32 Å². The smallest absolute Gasteiger partial charge is 0.408 e. The van der Waals surface area contributed by atoms with Crippen LogP contribution in [0.5, 0.6) is 0 Å². The molecule has 0 aliphatic heterocycles. The van der Waals surface area contributed by atoms with E-state index in [0.29, 0.717) is 0 Å². The maximum absolute atomic E-state index is 11.9. The van der Waals surface area contributed by atoms with Gasteiger partial charge in [-0.05, 0) is 5.56 Å². The van der Waals surface area contributed by atoms with Gasteiger partial charge < -0.3 is 23.9 Å². The monoisotopic (exact) mass is 301 g/mol. The van der Waals surface area contributed by atoms with Crippen molar-refractivity contribution in [1.29, 1.82) is 0 Å². The summed E-state index contributed by atoms with van der Waals surface area (Å²) < 4.78 is 26.1. The highest BCUT2D eigenvalue weighted by atomic mass is 31.2. The lowest BCUT2D eigenvalue weighted by atomic mass is 10.2. The Kier molecular flexibility index (Phi) is 6.38. The van der Waals surface area contributed by atoms with Gasteiger partial charge in [0.25, 0.3) is 0 Å². The van der Waals surface area contributed by atoms with E-state index in [1.807, 2.05) is 6.07 Å². The number of carbonyl (C=O) groups excluding carboxylic acids is 2. The predicted molar refractivity (Wildman–Crippen MR) is 71.2 cm³/mol. The fourth-order valence-corrected chi connectivity index (χ4v) is 2.39. The molecule has 1 N–H and O–H groups in total. The number of rotatable bonds is 7. The van der Waals surface area contributed by atoms with Gasteiger partial charge in [0.1, 0.15) is 6.61 Å². The van der Waals surface area contributed by atoms with Gasteiger partial charge in [0, 0.05) is 14.2 Å². The molecule has 0 spiro atoms. The summed E-state index contributed by atoms with van der Waals surface area (Å²) in [7, 11) is -1.48. The molecule has 1 amide bonds. The second-order valence-corrected chi connectivity index (χ2v) is 6.06. The van der Waals surface area contributed by atoms with Gasteiger partial charge in [-0.1, -0.05) is 30.3 Å². The van der Waals surface area contributed by atoms with E-state index in [4.69, 9.17) is 4.74 Å². The van der Waals surface area contributed by atoms with Crippen molar-refractivity contribution in [2.75, 3.05) is 14.2 Å². The van der Waals surface area contributed by atoms with E-state index >= 15 is 0 Å². The Hall–Kier alpha value is -1.69. The molecule has 0 aliphatic carbocycles. The Morgan fingerprint density at radius 1 is 1.30 bits per heavy atom. The molecule has 0 radical (unpaired) electrons. The van der Waals surface area contributed by atoms with Gasteiger partial charge in [-0.3, -0.25) is 4.57 Å². The molecule has 1 unspecified atom stereocenters. The van der Waals surface area contributed by atoms with Crippen molar-refractivity contribution >= 4 is 20.0 Å². The number of nitrogens with one attached hydrogen (secondary N) is 1. The van der Waals surface area contributed by atoms with Crippen LogP contribution in [-0.4, -0.2) is 32.4 Å². The number of aldehydes is 1. The van der Waals surface area contributed by atoms with E-state index in [0.717, 1.165) is 19.8 Å². The summed E-state index contributed by atoms with van der Waals surface area (Å²) in [5.41, 5.74) is 0.784. The van der Waals surface area contributed by atoms with Gasteiger partial charge in [0.05, 0.1) is 0 Å². The molecule has 0 bridgehead atoms. The third kappa shape index (κ3) is 4.45. The lowest BCUT2D eigenvalue weighted by molar-refractivity contribution is -0.108. The first kappa shape index (κ1) is 16.4. The number of benzene rings is 1. The van der Waals surface area contributed by atoms with E-state index < -0.39 is 19.5 Å². The van der Waals surface area contributed by atoms with Crippen LogP contribution < -0.4 is 5.32 Å². The van der Waals surface area contributed by atoms with E-state index in [1.165, 1.54) is 0 Å². The third-order valence-electron chi connectivity index (χ3n) is 2.46. The second kappa shape index (κ2) is 7.79. The molecule has 1 aromatic rings. The molecule has 8 heteroatoms. The fourth-order valence-electron chi connectivity index (χ4n) is 1.37. The molecule has 1 aromatic carbocycles. The molecule has 7 nitrogen and oxygen atoms in total. The Bertz CT molecular complexity index is 484. The van der Waals surface area contributed by atoms with E-state index in [-0.39, 0.29) is 12.9 Å². The summed E-state index contributed by atoms with van der Waals surface area (Å²) in [5, 5.41) is 2.14. The molecule has 1 atom stereocenters. The maximum Gasteiger partial charge on any atom is 0.408 e. The lowest BCUT2D eigenvalue weighted by Crippen LogP contribution is -2.36. The SMILES string of the molecule is COP(=O)(OC)C(C=O)NC(=O)OCc1ccccc1. The highest BCUT2D eigenvalue weighted by Crippen LogP contribution is 2.49. The molecule has 0 aromatic heterocycles. The molecule has 0 saturated heterocycles. The molecule has 20 heavy (non-hydrogen) atoms. The molecule has 0 heterocycles. The zero-order valence-corrected chi connectivity index (χ0v) is 12.0. The van der Waals surface area contributed by atoms with Gasteiger partial charge in [0.2, 0.25) is 0 Å². The van der Waals surface area contributed by atoms with Crippen LogP contribution in [0.3, 0.4) is 0 Å². The average molecular weight is 301 g/mol. The summed E-state index contributed by atoms with van der Waals surface area (Å²) in [6.07, 6.45) is -0.613. The van der Waals surface area contributed by atoms with Gasteiger partial charge in [-0.2, -0.15) is 0 Å². The minimum atomic E-state index is -3.72. The Labute approximate surface area is 116 Å². The van der Waals surface area contributed by atoms with Gasteiger partial charge in [-0.15, -0.1) is 0 Å². The van der Waals surface area contributed by atoms with Crippen LogP contribution in [0, 0.1) is 0 Å². The number of carbonyl (C=O) groups is 2. The molecule has 1 rings (SSSR count). The highest BCUT2D eigenvalue weighted by Gasteiger charge is 2.35. The largest absolute Gasteiger partial charge is 0.445 e. The minimum Gasteiger partial charge on any atom is -0.445 e. The van der Waals surface area contributed by atoms with Crippen LogP contribution in [0.25, 0.3) is 0 Å². The van der Waals surface area contributed by atoms with E-state index in [2.05, 4.69) is 14.4 Å². The van der Waals surface area contributed by atoms with Crippen molar-refractivity contribution in [2.45, 2.75) is 12.4 Å². The van der Waals surface area contributed by atoms with Gasteiger partial charge in [-0.25, -0.2) is 4.79 Å². The molecule has 0 aliphatic rings. The lowest BCUT2D eigenvalue weighted by Gasteiger charge is -2.20. The van der Waals surface area contributed by atoms with Gasteiger partial charge >= 0.3 is 13.7 Å². The molecular weight excluding hydrogens is 285 g/mol. The molecule has 0 fully saturated rings. The summed E-state index contributed by atoms with van der Waals surface area (Å²) in [5.74, 6) is -1.42. The van der Waals surface area contributed by atoms with Crippen LogP contribution in [0.4, 0.5) is 4.79 Å². The van der Waals surface area contributed by atoms with Crippen molar-refractivity contribution in [3.63, 3.8) is 0 Å². The van der Waals surface area contributed by atoms with Crippen LogP contribution in [0.1, 0.15) is 5.56 Å². The average Bonchev–Trinajstić information content (AvgIpc) is 2.50. The third-order valence-corrected chi connectivity index (χ3v) is 4.41. The number of alkyl carbamates (subject to hydrolysis) is 1. The number of ether oxygens (including phenoxy) is 1. The van der Waals surface area contributed by atoms with E-state index in [9.17, 15) is 14.2 Å². The second-order valence-electron chi connectivity index (χ2n) is 3.69. The van der Waals surface area contributed by atoms with E-state index in [1.54, 1.807) is 24.3 Å². The normalized spacial score (nSPS) is 12.5. The molecule has 0 saturated carbocycles. The quantitative estimate of drug-likeness (QED) is 0.611. The zero-order chi connectivity index (χ0) is 15.0. The maximum atomic E-state index is 11.9. The Morgan fingerprint density at radius 3 is 2.40 bits per heavy atom. The summed E-state index contributed by atoms with van der Waals surface area (Å²) in [6, 6.07) is 8.99. The fraction of sp³-hybridized carbons (Fsp3) is 0.333. The summed E-state index contributed by atoms with van der Waals surface area (Å²) in [6.45, 7) is 0.0303. The number of hydrogen-bond donors (Lipinski definition) is 1. The Balaban J connectivity index is 2.56. The van der Waals surface area contributed by atoms with Crippen LogP contribution in [0.2, 0.25) is 0 Å². The highest BCUT2D eigenvalue weighted by molar-refractivity contribution is 7.55. The topological polar surface area (TPSA) is 90.9 Å². The summed E-state index contributed by atoms with van der Waals surface area (Å²) >= 11 is 0. The number of amides is 1. The number of hydrogen-bond acceptors (Lipinski definition) is 6. The molecular formula is C12H16NO6P. The molecule has 110 valence electrons. The van der Waals surface area contributed by atoms with Crippen molar-refractivity contribution in [3.05, 3.63) is 35.9 Å².